The Morgan fingerprint density at radius 3 is 2.33 bits per heavy atom. The van der Waals surface area contributed by atoms with Gasteiger partial charge in [0.05, 0.1) is 6.10 Å². The minimum absolute atomic E-state index is 0.0235. The van der Waals surface area contributed by atoms with E-state index in [0.717, 1.165) is 0 Å². The van der Waals surface area contributed by atoms with Gasteiger partial charge in [0.1, 0.15) is 7.57 Å². The van der Waals surface area contributed by atoms with Gasteiger partial charge in [-0.25, -0.2) is 0 Å². The van der Waals surface area contributed by atoms with E-state index in [4.69, 9.17) is 12.1 Å². The quantitative estimate of drug-likeness (QED) is 0.287. The molecule has 0 rings (SSSR count). The molecule has 0 N–H and O–H groups in total. The summed E-state index contributed by atoms with van der Waals surface area (Å²) in [5.41, 5.74) is 0. The highest BCUT2D eigenvalue weighted by atomic mass is 31.1. The Bertz CT molecular complexity index is 241. The summed E-state index contributed by atoms with van der Waals surface area (Å²) in [7, 11) is 4.67. The van der Waals surface area contributed by atoms with Crippen LogP contribution in [0.2, 0.25) is 0 Å². The van der Waals surface area contributed by atoms with Gasteiger partial charge in [-0.2, -0.15) is 0 Å². The van der Waals surface area contributed by atoms with Gasteiger partial charge in [0.25, 0.3) is 0 Å². The van der Waals surface area contributed by atoms with Gasteiger partial charge in [-0.05, 0) is 26.7 Å². The molecule has 0 aromatic carbocycles. The summed E-state index contributed by atoms with van der Waals surface area (Å²) in [6, 6.07) is 0. The average molecular weight is 224 g/mol. The maximum atomic E-state index is 11.4. The van der Waals surface area contributed by atoms with Crippen LogP contribution >= 0.6 is 8.03 Å². The third-order valence-electron chi connectivity index (χ3n) is 2.48. The fraction of sp³-hybridized carbons (Fsp3) is 0.545. The molecular weight excluding hydrogens is 206 g/mol. The number of allylic oxidation sites excluding steroid dienone is 1. The van der Waals surface area contributed by atoms with Crippen LogP contribution in [0.4, 0.5) is 0 Å². The standard InChI is InChI=1S/C11H18BO2P/c1-6-10(13)8(3)9(4)11(7-2)14-15(5)12/h6-9,11H,1-2H2,3-5H3/t8-,9-,11+,15?/m0/s1. The van der Waals surface area contributed by atoms with E-state index in [2.05, 4.69) is 13.2 Å². The molecule has 0 aliphatic carbocycles. The summed E-state index contributed by atoms with van der Waals surface area (Å²) in [6.07, 6.45) is 2.87. The lowest BCUT2D eigenvalue weighted by atomic mass is 9.87. The van der Waals surface area contributed by atoms with Crippen molar-refractivity contribution in [2.24, 2.45) is 11.8 Å². The zero-order valence-electron chi connectivity index (χ0n) is 9.64. The van der Waals surface area contributed by atoms with Crippen LogP contribution in [0.15, 0.2) is 25.3 Å². The van der Waals surface area contributed by atoms with Crippen molar-refractivity contribution in [1.29, 1.82) is 0 Å². The molecule has 0 aliphatic rings. The highest BCUT2D eigenvalue weighted by molar-refractivity contribution is 7.77. The minimum Gasteiger partial charge on any atom is -0.363 e. The van der Waals surface area contributed by atoms with E-state index in [0.29, 0.717) is 0 Å². The number of ketones is 1. The fourth-order valence-corrected chi connectivity index (χ4v) is 1.94. The number of hydrogen-bond donors (Lipinski definition) is 0. The monoisotopic (exact) mass is 224 g/mol. The maximum absolute atomic E-state index is 11.4. The Hall–Kier alpha value is -0.395. The van der Waals surface area contributed by atoms with Crippen LogP contribution in [-0.2, 0) is 9.32 Å². The molecule has 0 aromatic rings. The van der Waals surface area contributed by atoms with Crippen LogP contribution in [0.25, 0.3) is 0 Å². The summed E-state index contributed by atoms with van der Waals surface area (Å²) in [5.74, 6) is -0.0441. The van der Waals surface area contributed by atoms with Crippen molar-refractivity contribution < 1.29 is 9.32 Å². The van der Waals surface area contributed by atoms with Gasteiger partial charge < -0.3 is 4.52 Å². The first-order valence-corrected chi connectivity index (χ1v) is 6.65. The van der Waals surface area contributed by atoms with E-state index in [1.165, 1.54) is 6.08 Å². The fourth-order valence-electron chi connectivity index (χ4n) is 1.28. The summed E-state index contributed by atoms with van der Waals surface area (Å²) in [4.78, 5) is 11.4. The van der Waals surface area contributed by atoms with E-state index in [9.17, 15) is 4.79 Å². The molecule has 1 unspecified atom stereocenters. The second kappa shape index (κ2) is 6.97. The number of hydrogen-bond acceptors (Lipinski definition) is 2. The smallest absolute Gasteiger partial charge is 0.158 e. The van der Waals surface area contributed by atoms with E-state index < -0.39 is 8.03 Å². The summed E-state index contributed by atoms with van der Waals surface area (Å²) < 4.78 is 5.52. The molecule has 15 heavy (non-hydrogen) atoms. The SMILES string of the molecule is [B]P(C)O[C@H](C=C)[C@@H](C)[C@H](C)C(=O)C=C. The van der Waals surface area contributed by atoms with E-state index in [1.54, 1.807) is 6.08 Å². The molecule has 2 radical (unpaired) electrons. The average Bonchev–Trinajstić information content (AvgIpc) is 2.22. The molecule has 0 saturated carbocycles. The molecule has 4 atom stereocenters. The van der Waals surface area contributed by atoms with E-state index >= 15 is 0 Å². The van der Waals surface area contributed by atoms with Crippen molar-refractivity contribution >= 4 is 21.4 Å². The van der Waals surface area contributed by atoms with Crippen molar-refractivity contribution in [1.82, 2.24) is 0 Å². The molecule has 0 spiro atoms. The molecule has 0 heterocycles. The topological polar surface area (TPSA) is 26.3 Å². The summed E-state index contributed by atoms with van der Waals surface area (Å²) in [6.45, 7) is 12.8. The van der Waals surface area contributed by atoms with Crippen molar-refractivity contribution in [2.45, 2.75) is 20.0 Å². The van der Waals surface area contributed by atoms with E-state index in [-0.39, 0.29) is 23.7 Å². The number of rotatable bonds is 7. The zero-order chi connectivity index (χ0) is 12.0. The highest BCUT2D eigenvalue weighted by Crippen LogP contribution is 2.32. The van der Waals surface area contributed by atoms with Crippen molar-refractivity contribution in [3.63, 3.8) is 0 Å². The van der Waals surface area contributed by atoms with Gasteiger partial charge in [0, 0.05) is 5.92 Å². The molecule has 0 aliphatic heterocycles. The molecule has 0 saturated heterocycles. The predicted molar refractivity (Wildman–Crippen MR) is 67.2 cm³/mol. The van der Waals surface area contributed by atoms with Gasteiger partial charge >= 0.3 is 0 Å². The largest absolute Gasteiger partial charge is 0.363 e. The Kier molecular flexibility index (Phi) is 6.79. The Morgan fingerprint density at radius 1 is 1.47 bits per heavy atom. The van der Waals surface area contributed by atoms with Crippen molar-refractivity contribution in [3.05, 3.63) is 25.3 Å². The number of carbonyl (C=O) groups excluding carboxylic acids is 1. The summed E-state index contributed by atoms with van der Waals surface area (Å²) in [5, 5.41) is 0. The van der Waals surface area contributed by atoms with Gasteiger partial charge in [-0.1, -0.05) is 26.5 Å². The molecule has 0 amide bonds. The van der Waals surface area contributed by atoms with Crippen molar-refractivity contribution in [3.8, 4) is 0 Å². The van der Waals surface area contributed by atoms with Crippen LogP contribution in [0.5, 0.6) is 0 Å². The lowest BCUT2D eigenvalue weighted by Crippen LogP contribution is -2.28. The highest BCUT2D eigenvalue weighted by Gasteiger charge is 2.25. The second-order valence-corrected chi connectivity index (χ2v) is 4.91. The van der Waals surface area contributed by atoms with Gasteiger partial charge in [-0.15, -0.1) is 6.58 Å². The predicted octanol–water partition coefficient (Wildman–Crippen LogP) is 2.70. The van der Waals surface area contributed by atoms with Crippen LogP contribution in [0.3, 0.4) is 0 Å². The number of carbonyl (C=O) groups is 1. The molecule has 0 bridgehead atoms. The zero-order valence-corrected chi connectivity index (χ0v) is 10.5. The van der Waals surface area contributed by atoms with Crippen LogP contribution in [0.1, 0.15) is 13.8 Å². The van der Waals surface area contributed by atoms with Crippen LogP contribution < -0.4 is 0 Å². The molecule has 82 valence electrons. The van der Waals surface area contributed by atoms with Gasteiger partial charge in [-0.3, -0.25) is 4.79 Å². The van der Waals surface area contributed by atoms with E-state index in [1.807, 2.05) is 20.5 Å². The van der Waals surface area contributed by atoms with Crippen LogP contribution in [0, 0.1) is 11.8 Å². The second-order valence-electron chi connectivity index (χ2n) is 3.61. The molecule has 2 nitrogen and oxygen atoms in total. The van der Waals surface area contributed by atoms with Gasteiger partial charge in [0.15, 0.2) is 5.78 Å². The first kappa shape index (κ1) is 14.6. The summed E-state index contributed by atoms with van der Waals surface area (Å²) >= 11 is 0. The maximum Gasteiger partial charge on any atom is 0.158 e. The Labute approximate surface area is 95.0 Å². The van der Waals surface area contributed by atoms with Crippen molar-refractivity contribution in [2.75, 3.05) is 6.66 Å². The first-order chi connectivity index (χ1) is 6.93. The molecule has 0 fully saturated rings. The lowest BCUT2D eigenvalue weighted by molar-refractivity contribution is -0.119. The molecule has 0 aromatic heterocycles. The third kappa shape index (κ3) is 4.77. The Balaban J connectivity index is 4.49. The first-order valence-electron chi connectivity index (χ1n) is 4.88. The van der Waals surface area contributed by atoms with Gasteiger partial charge in [0.2, 0.25) is 0 Å². The normalized spacial score (nSPS) is 18.6. The molecular formula is C11H18BO2P. The molecule has 4 heteroatoms. The third-order valence-corrected chi connectivity index (χ3v) is 3.05. The lowest BCUT2D eigenvalue weighted by Gasteiger charge is -2.27. The Morgan fingerprint density at radius 2 is 2.00 bits per heavy atom. The minimum atomic E-state index is -0.935. The van der Waals surface area contributed by atoms with Crippen LogP contribution in [-0.4, -0.2) is 26.1 Å².